The van der Waals surface area contributed by atoms with E-state index in [2.05, 4.69) is 10.3 Å². The van der Waals surface area contributed by atoms with Crippen molar-refractivity contribution in [2.24, 2.45) is 0 Å². The molecule has 210 valence electrons. The molecule has 41 heavy (non-hydrogen) atoms. The summed E-state index contributed by atoms with van der Waals surface area (Å²) in [4.78, 5) is 32.9. The van der Waals surface area contributed by atoms with Crippen molar-refractivity contribution in [1.82, 2.24) is 9.88 Å². The number of carbonyl (C=O) groups excluding carboxylic acids is 2. The van der Waals surface area contributed by atoms with Crippen LogP contribution in [0.4, 0.5) is 15.6 Å². The number of halogens is 1. The first-order valence-electron chi connectivity index (χ1n) is 13.0. The highest BCUT2D eigenvalue weighted by molar-refractivity contribution is 7.19. The van der Waals surface area contributed by atoms with Crippen LogP contribution >= 0.6 is 22.9 Å². The first kappa shape index (κ1) is 28.6. The summed E-state index contributed by atoms with van der Waals surface area (Å²) in [7, 11) is -1.34. The van der Waals surface area contributed by atoms with Crippen LogP contribution in [0.25, 0.3) is 0 Å². The zero-order valence-electron chi connectivity index (χ0n) is 22.2. The van der Waals surface area contributed by atoms with Gasteiger partial charge < -0.3 is 19.7 Å². The molecule has 0 saturated carbocycles. The molecule has 3 N–H and O–H groups in total. The fourth-order valence-corrected chi connectivity index (χ4v) is 5.91. The van der Waals surface area contributed by atoms with Gasteiger partial charge in [-0.15, -0.1) is 0 Å². The normalized spacial score (nSPS) is 17.1. The average molecular weight is 591 g/mol. The van der Waals surface area contributed by atoms with Crippen molar-refractivity contribution in [3.8, 4) is 11.5 Å². The van der Waals surface area contributed by atoms with Gasteiger partial charge in [-0.05, 0) is 47.8 Å². The fourth-order valence-electron chi connectivity index (χ4n) is 5.10. The molecule has 3 amide bonds. The van der Waals surface area contributed by atoms with Crippen molar-refractivity contribution >= 4 is 58.3 Å². The van der Waals surface area contributed by atoms with E-state index in [9.17, 15) is 9.59 Å². The molecule has 9 nitrogen and oxygen atoms in total. The lowest BCUT2D eigenvalue weighted by Gasteiger charge is -2.25. The second-order valence-electron chi connectivity index (χ2n) is 9.84. The van der Waals surface area contributed by atoms with E-state index in [4.69, 9.17) is 26.4 Å². The third-order valence-electron chi connectivity index (χ3n) is 7.10. The van der Waals surface area contributed by atoms with E-state index in [-0.39, 0.29) is 17.4 Å². The minimum Gasteiger partial charge on any atom is -0.457 e. The van der Waals surface area contributed by atoms with E-state index in [0.29, 0.717) is 40.3 Å². The Hall–Kier alpha value is -3.90. The van der Waals surface area contributed by atoms with Crippen LogP contribution in [0.15, 0.2) is 85.1 Å². The molecule has 1 atom stereocenters. The molecule has 4 aromatic rings. The smallest absolute Gasteiger partial charge is 0.457 e. The second-order valence-corrected chi connectivity index (χ2v) is 11.5. The van der Waals surface area contributed by atoms with Gasteiger partial charge >= 0.3 is 13.1 Å². The molecule has 1 saturated heterocycles. The van der Waals surface area contributed by atoms with E-state index < -0.39 is 7.12 Å². The van der Waals surface area contributed by atoms with Crippen LogP contribution in [0.2, 0.25) is 4.34 Å². The van der Waals surface area contributed by atoms with Crippen molar-refractivity contribution in [3.63, 3.8) is 0 Å². The number of hydrogen-bond acceptors (Lipinski definition) is 7. The van der Waals surface area contributed by atoms with Crippen molar-refractivity contribution in [3.05, 3.63) is 95.0 Å². The Kier molecular flexibility index (Phi) is 8.60. The maximum absolute atomic E-state index is 13.1. The van der Waals surface area contributed by atoms with E-state index in [1.54, 1.807) is 36.1 Å². The van der Waals surface area contributed by atoms with Crippen molar-refractivity contribution in [2.75, 3.05) is 29.9 Å². The molecule has 0 aliphatic carbocycles. The first-order valence-corrected chi connectivity index (χ1v) is 14.2. The summed E-state index contributed by atoms with van der Waals surface area (Å²) in [6, 6.07) is 23.7. The van der Waals surface area contributed by atoms with E-state index >= 15 is 0 Å². The van der Waals surface area contributed by atoms with Crippen LogP contribution in [0.1, 0.15) is 18.9 Å². The summed E-state index contributed by atoms with van der Waals surface area (Å²) in [5.41, 5.74) is 2.02. The number of nitrogens with one attached hydrogen (secondary N) is 1. The predicted octanol–water partition coefficient (Wildman–Crippen LogP) is 4.50. The van der Waals surface area contributed by atoms with Crippen LogP contribution in [0.5, 0.6) is 11.5 Å². The van der Waals surface area contributed by atoms with Crippen LogP contribution in [-0.4, -0.2) is 58.6 Å². The van der Waals surface area contributed by atoms with Gasteiger partial charge in [-0.3, -0.25) is 15.0 Å². The van der Waals surface area contributed by atoms with Crippen molar-refractivity contribution in [1.29, 1.82) is 0 Å². The Morgan fingerprint density at radius 1 is 1.02 bits per heavy atom. The molecular weight excluding hydrogens is 563 g/mol. The number of rotatable bonds is 4. The number of ether oxygens (including phenoxy) is 1. The number of para-hydroxylation sites is 1. The average Bonchev–Trinajstić information content (AvgIpc) is 3.68. The Bertz CT molecular complexity index is 1520. The van der Waals surface area contributed by atoms with Gasteiger partial charge in [-0.2, -0.15) is 0 Å². The zero-order chi connectivity index (χ0) is 29.0. The van der Waals surface area contributed by atoms with Crippen LogP contribution in [0, 0.1) is 0 Å². The van der Waals surface area contributed by atoms with E-state index in [1.165, 1.54) is 17.5 Å². The Morgan fingerprint density at radius 2 is 1.73 bits per heavy atom. The summed E-state index contributed by atoms with van der Waals surface area (Å²) in [5, 5.41) is 20.4. The Labute approximate surface area is 247 Å². The molecule has 3 aromatic carbocycles. The lowest BCUT2D eigenvalue weighted by atomic mass is 9.81. The monoisotopic (exact) mass is 590 g/mol. The molecule has 2 aliphatic heterocycles. The topological polar surface area (TPSA) is 115 Å². The minimum atomic E-state index is -1.34. The number of fused-ring (bicyclic) bond motifs is 2. The molecule has 1 aromatic heterocycles. The van der Waals surface area contributed by atoms with Gasteiger partial charge in [0.1, 0.15) is 15.8 Å². The van der Waals surface area contributed by atoms with Gasteiger partial charge in [0.05, 0.1) is 6.20 Å². The molecule has 0 radical (unpaired) electrons. The third-order valence-corrected chi connectivity index (χ3v) is 8.13. The maximum atomic E-state index is 13.1. The quantitative estimate of drug-likeness (QED) is 0.302. The SMILES string of the molecule is CC(=O)N1CCC2(C1)CN(C(=O)Nc1ncc(Cl)s1)c1ccc(Oc3ccccc3)cc12.OB(O)c1ccccc1. The molecule has 1 fully saturated rings. The van der Waals surface area contributed by atoms with E-state index in [0.717, 1.165) is 23.4 Å². The number of likely N-dealkylation sites (tertiary alicyclic amines) is 1. The summed E-state index contributed by atoms with van der Waals surface area (Å²) in [5.74, 6) is 1.48. The Morgan fingerprint density at radius 3 is 2.32 bits per heavy atom. The van der Waals surface area contributed by atoms with Crippen LogP contribution < -0.4 is 20.4 Å². The van der Waals surface area contributed by atoms with Gasteiger partial charge in [0.2, 0.25) is 5.91 Å². The van der Waals surface area contributed by atoms with Gasteiger partial charge in [0, 0.05) is 37.7 Å². The minimum absolute atomic E-state index is 0.0421. The van der Waals surface area contributed by atoms with Gasteiger partial charge in [-0.1, -0.05) is 71.5 Å². The Balaban J connectivity index is 0.000000321. The number of thiazole rings is 1. The zero-order valence-corrected chi connectivity index (χ0v) is 23.8. The number of amides is 3. The molecule has 3 heterocycles. The fraction of sp³-hybridized carbons (Fsp3) is 0.207. The number of urea groups is 1. The van der Waals surface area contributed by atoms with Gasteiger partial charge in [0.15, 0.2) is 5.13 Å². The highest BCUT2D eigenvalue weighted by Crippen LogP contribution is 2.48. The molecule has 1 unspecified atom stereocenters. The number of anilines is 2. The third kappa shape index (κ3) is 6.54. The maximum Gasteiger partial charge on any atom is 0.488 e. The van der Waals surface area contributed by atoms with Crippen molar-refractivity contribution < 1.29 is 24.4 Å². The first-order chi connectivity index (χ1) is 19.7. The van der Waals surface area contributed by atoms with Crippen molar-refractivity contribution in [2.45, 2.75) is 18.8 Å². The number of nitrogens with zero attached hydrogens (tertiary/aromatic N) is 3. The molecule has 12 heteroatoms. The van der Waals surface area contributed by atoms with Crippen LogP contribution in [0.3, 0.4) is 0 Å². The molecule has 1 spiro atoms. The molecule has 0 bridgehead atoms. The lowest BCUT2D eigenvalue weighted by Crippen LogP contribution is -2.41. The number of benzene rings is 3. The summed E-state index contributed by atoms with van der Waals surface area (Å²) in [6.45, 7) is 3.29. The molecular formula is C29H28BClN4O5S. The summed E-state index contributed by atoms with van der Waals surface area (Å²) in [6.07, 6.45) is 2.29. The summed E-state index contributed by atoms with van der Waals surface area (Å²) < 4.78 is 6.56. The molecule has 6 rings (SSSR count). The summed E-state index contributed by atoms with van der Waals surface area (Å²) >= 11 is 7.16. The highest BCUT2D eigenvalue weighted by atomic mass is 35.5. The second kappa shape index (κ2) is 12.3. The van der Waals surface area contributed by atoms with Gasteiger partial charge in [0.25, 0.3) is 0 Å². The highest BCUT2D eigenvalue weighted by Gasteiger charge is 2.49. The standard InChI is InChI=1S/C23H21ClN4O3S.C6H7BO2/c1-15(29)27-10-9-23(13-27)14-28(22(30)26-21-25-12-20(24)32-21)19-8-7-17(11-18(19)23)31-16-5-3-2-4-6-16;8-7(9)6-4-2-1-3-5-6/h2-8,11-12H,9-10,13-14H2,1H3,(H,25,26,30);1-5,8-9H. The van der Waals surface area contributed by atoms with E-state index in [1.807, 2.05) is 59.5 Å². The van der Waals surface area contributed by atoms with Gasteiger partial charge in [-0.25, -0.2) is 9.78 Å². The predicted molar refractivity (Wildman–Crippen MR) is 161 cm³/mol. The number of hydrogen-bond donors (Lipinski definition) is 3. The number of aromatic nitrogens is 1. The molecule has 2 aliphatic rings. The van der Waals surface area contributed by atoms with Crippen LogP contribution in [-0.2, 0) is 10.2 Å². The largest absolute Gasteiger partial charge is 0.488 e. The lowest BCUT2D eigenvalue weighted by molar-refractivity contribution is -0.127. The number of carbonyl (C=O) groups is 2.